The number of fused-ring (bicyclic) bond motifs is 3. The number of carbonyl (C=O) groups is 3. The van der Waals surface area contributed by atoms with Crippen LogP contribution in [0.3, 0.4) is 0 Å². The summed E-state index contributed by atoms with van der Waals surface area (Å²) in [6.45, 7) is 1.99. The highest BCUT2D eigenvalue weighted by atomic mass is 32.2. The van der Waals surface area contributed by atoms with Gasteiger partial charge in [0.1, 0.15) is 18.7 Å². The summed E-state index contributed by atoms with van der Waals surface area (Å²) in [7, 11) is 0. The fraction of sp³-hybridized carbons (Fsp3) is 0.400. The van der Waals surface area contributed by atoms with Crippen molar-refractivity contribution in [3.05, 3.63) is 59.7 Å². The van der Waals surface area contributed by atoms with Crippen LogP contribution in [0.25, 0.3) is 11.1 Å². The quantitative estimate of drug-likeness (QED) is 0.458. The molecule has 0 aromatic heterocycles. The third-order valence-corrected chi connectivity index (χ3v) is 6.40. The fourth-order valence-corrected chi connectivity index (χ4v) is 4.58. The molecule has 0 spiro atoms. The van der Waals surface area contributed by atoms with Gasteiger partial charge in [0.05, 0.1) is 0 Å². The molecule has 3 N–H and O–H groups in total. The number of aliphatic carboxylic acids is 1. The molecule has 2 atom stereocenters. The smallest absolute Gasteiger partial charge is 0.407 e. The summed E-state index contributed by atoms with van der Waals surface area (Å²) in [5.74, 6) is -1.05. The van der Waals surface area contributed by atoms with E-state index in [1.165, 1.54) is 11.8 Å². The van der Waals surface area contributed by atoms with Crippen LogP contribution in [0, 0.1) is 0 Å². The van der Waals surface area contributed by atoms with Crippen LogP contribution in [-0.2, 0) is 14.3 Å². The Morgan fingerprint density at radius 3 is 2.12 bits per heavy atom. The number of thioether (sulfide) groups is 1. The van der Waals surface area contributed by atoms with Crippen LogP contribution in [0.5, 0.6) is 0 Å². The Balaban J connectivity index is 1.65. The third kappa shape index (κ3) is 6.07. The van der Waals surface area contributed by atoms with Gasteiger partial charge in [-0.25, -0.2) is 9.59 Å². The van der Waals surface area contributed by atoms with E-state index < -0.39 is 30.1 Å². The second kappa shape index (κ2) is 11.7. The van der Waals surface area contributed by atoms with Gasteiger partial charge in [-0.2, -0.15) is 11.8 Å². The number of ether oxygens (including phenoxy) is 1. The largest absolute Gasteiger partial charge is 0.480 e. The topological polar surface area (TPSA) is 105 Å². The number of carboxylic acid groups (broad SMARTS) is 1. The average molecular weight is 471 g/mol. The number of rotatable bonds is 11. The van der Waals surface area contributed by atoms with Crippen LogP contribution in [-0.4, -0.2) is 53.8 Å². The Labute approximate surface area is 198 Å². The molecule has 3 rings (SSSR count). The second-order valence-corrected chi connectivity index (χ2v) is 8.98. The van der Waals surface area contributed by atoms with Crippen molar-refractivity contribution in [2.75, 3.05) is 18.6 Å². The van der Waals surface area contributed by atoms with Crippen LogP contribution in [0.1, 0.15) is 43.2 Å². The molecule has 0 aliphatic heterocycles. The molecule has 7 nitrogen and oxygen atoms in total. The number of nitrogens with one attached hydrogen (secondary N) is 2. The first-order valence-electron chi connectivity index (χ1n) is 11.1. The maximum absolute atomic E-state index is 12.7. The van der Waals surface area contributed by atoms with E-state index in [9.17, 15) is 19.5 Å². The van der Waals surface area contributed by atoms with E-state index in [1.807, 2.05) is 49.6 Å². The van der Waals surface area contributed by atoms with Crippen LogP contribution < -0.4 is 10.6 Å². The molecule has 1 unspecified atom stereocenters. The first-order chi connectivity index (χ1) is 16.0. The van der Waals surface area contributed by atoms with Crippen LogP contribution in [0.4, 0.5) is 4.79 Å². The lowest BCUT2D eigenvalue weighted by Gasteiger charge is -2.21. The molecule has 0 fully saturated rings. The van der Waals surface area contributed by atoms with E-state index in [0.717, 1.165) is 22.3 Å². The fourth-order valence-electron chi connectivity index (χ4n) is 4.11. The van der Waals surface area contributed by atoms with E-state index in [1.54, 1.807) is 0 Å². The maximum Gasteiger partial charge on any atom is 0.407 e. The molecule has 0 saturated carbocycles. The van der Waals surface area contributed by atoms with Gasteiger partial charge in [0.25, 0.3) is 0 Å². The summed E-state index contributed by atoms with van der Waals surface area (Å²) in [4.78, 5) is 36.7. The van der Waals surface area contributed by atoms with Gasteiger partial charge in [-0.05, 0) is 47.1 Å². The minimum atomic E-state index is -1.09. The van der Waals surface area contributed by atoms with Gasteiger partial charge >= 0.3 is 12.1 Å². The Morgan fingerprint density at radius 2 is 1.58 bits per heavy atom. The molecule has 176 valence electrons. The second-order valence-electron chi connectivity index (χ2n) is 7.99. The SMILES string of the molecule is CCC[C@H](NC(=O)C(CCSC)NC(=O)OCC1c2ccccc2-c2ccccc21)C(=O)O. The standard InChI is InChI=1S/C25H30N2O5S/c1-3-8-22(24(29)30)26-23(28)21(13-14-33-2)27-25(31)32-15-20-18-11-6-4-9-16(18)17-10-5-7-12-19(17)20/h4-7,9-12,20-22H,3,8,13-15H2,1-2H3,(H,26,28)(H,27,31)(H,29,30)/t21?,22-/m0/s1. The molecule has 2 amide bonds. The zero-order chi connectivity index (χ0) is 23.8. The zero-order valence-electron chi connectivity index (χ0n) is 18.9. The number of alkyl carbamates (subject to hydrolysis) is 1. The van der Waals surface area contributed by atoms with E-state index in [2.05, 4.69) is 22.8 Å². The lowest BCUT2D eigenvalue weighted by molar-refractivity contribution is -0.142. The van der Waals surface area contributed by atoms with E-state index in [0.29, 0.717) is 25.0 Å². The molecule has 2 aromatic rings. The minimum Gasteiger partial charge on any atom is -0.480 e. The molecule has 0 bridgehead atoms. The lowest BCUT2D eigenvalue weighted by atomic mass is 9.98. The van der Waals surface area contributed by atoms with Crippen LogP contribution >= 0.6 is 11.8 Å². The summed E-state index contributed by atoms with van der Waals surface area (Å²) < 4.78 is 5.55. The number of hydrogen-bond acceptors (Lipinski definition) is 5. The summed E-state index contributed by atoms with van der Waals surface area (Å²) in [6.07, 6.45) is 2.52. The van der Waals surface area contributed by atoms with Crippen molar-refractivity contribution in [1.82, 2.24) is 10.6 Å². The van der Waals surface area contributed by atoms with Gasteiger partial charge in [0.2, 0.25) is 5.91 Å². The van der Waals surface area contributed by atoms with Gasteiger partial charge < -0.3 is 20.5 Å². The van der Waals surface area contributed by atoms with Crippen molar-refractivity contribution < 1.29 is 24.2 Å². The van der Waals surface area contributed by atoms with Crippen molar-refractivity contribution in [3.8, 4) is 11.1 Å². The Kier molecular flexibility index (Phi) is 8.77. The molecule has 33 heavy (non-hydrogen) atoms. The molecule has 2 aromatic carbocycles. The summed E-state index contributed by atoms with van der Waals surface area (Å²) >= 11 is 1.54. The number of carboxylic acids is 1. The predicted octanol–water partition coefficient (Wildman–Crippen LogP) is 4.02. The van der Waals surface area contributed by atoms with Crippen molar-refractivity contribution in [3.63, 3.8) is 0 Å². The Bertz CT molecular complexity index is 951. The van der Waals surface area contributed by atoms with Gasteiger partial charge in [-0.1, -0.05) is 61.9 Å². The molecular formula is C25H30N2O5S. The minimum absolute atomic E-state index is 0.0810. The monoisotopic (exact) mass is 470 g/mol. The lowest BCUT2D eigenvalue weighted by Crippen LogP contribution is -2.52. The van der Waals surface area contributed by atoms with Crippen molar-refractivity contribution in [2.45, 2.75) is 44.2 Å². The molecule has 1 aliphatic carbocycles. The molecule has 1 aliphatic rings. The van der Waals surface area contributed by atoms with Gasteiger partial charge in [-0.3, -0.25) is 4.79 Å². The first-order valence-corrected chi connectivity index (χ1v) is 12.5. The number of amides is 2. The Hall–Kier alpha value is -3.00. The normalized spacial score (nSPS) is 14.0. The predicted molar refractivity (Wildman–Crippen MR) is 129 cm³/mol. The first kappa shape index (κ1) is 24.6. The van der Waals surface area contributed by atoms with Crippen LogP contribution in [0.2, 0.25) is 0 Å². The van der Waals surface area contributed by atoms with Crippen molar-refractivity contribution >= 4 is 29.7 Å². The number of carbonyl (C=O) groups excluding carboxylic acids is 2. The number of hydrogen-bond donors (Lipinski definition) is 3. The Morgan fingerprint density at radius 1 is 0.970 bits per heavy atom. The third-order valence-electron chi connectivity index (χ3n) is 5.75. The molecule has 0 saturated heterocycles. The summed E-state index contributed by atoms with van der Waals surface area (Å²) in [6, 6.07) is 14.3. The maximum atomic E-state index is 12.7. The zero-order valence-corrected chi connectivity index (χ0v) is 19.7. The summed E-state index contributed by atoms with van der Waals surface area (Å²) in [5, 5.41) is 14.5. The average Bonchev–Trinajstić information content (AvgIpc) is 3.13. The molecule has 0 heterocycles. The molecule has 0 radical (unpaired) electrons. The van der Waals surface area contributed by atoms with Crippen LogP contribution in [0.15, 0.2) is 48.5 Å². The van der Waals surface area contributed by atoms with E-state index in [-0.39, 0.29) is 12.5 Å². The highest BCUT2D eigenvalue weighted by Crippen LogP contribution is 2.44. The highest BCUT2D eigenvalue weighted by Gasteiger charge is 2.30. The van der Waals surface area contributed by atoms with E-state index in [4.69, 9.17) is 4.74 Å². The summed E-state index contributed by atoms with van der Waals surface area (Å²) in [5.41, 5.74) is 4.48. The van der Waals surface area contributed by atoms with E-state index >= 15 is 0 Å². The highest BCUT2D eigenvalue weighted by molar-refractivity contribution is 7.98. The van der Waals surface area contributed by atoms with Gasteiger partial charge in [-0.15, -0.1) is 0 Å². The van der Waals surface area contributed by atoms with Gasteiger partial charge in [0, 0.05) is 5.92 Å². The van der Waals surface area contributed by atoms with Gasteiger partial charge in [0.15, 0.2) is 0 Å². The molecule has 8 heteroatoms. The van der Waals surface area contributed by atoms with Crippen molar-refractivity contribution in [2.24, 2.45) is 0 Å². The van der Waals surface area contributed by atoms with Crippen molar-refractivity contribution in [1.29, 1.82) is 0 Å². The number of benzene rings is 2. The molecular weight excluding hydrogens is 440 g/mol.